The highest BCUT2D eigenvalue weighted by Crippen LogP contribution is 2.26. The van der Waals surface area contributed by atoms with Crippen molar-refractivity contribution in [2.45, 2.75) is 46.6 Å². The third-order valence-electron chi connectivity index (χ3n) is 2.68. The highest BCUT2D eigenvalue weighted by atomic mass is 79.9. The highest BCUT2D eigenvalue weighted by Gasteiger charge is 2.14. The summed E-state index contributed by atoms with van der Waals surface area (Å²) in [5, 5.41) is 4.06. The number of pyridine rings is 1. The van der Waals surface area contributed by atoms with E-state index in [4.69, 9.17) is 11.6 Å². The molecular formula is C14H22BrClN2. The fourth-order valence-corrected chi connectivity index (χ4v) is 2.59. The van der Waals surface area contributed by atoms with Crippen molar-refractivity contribution in [1.29, 1.82) is 0 Å². The van der Waals surface area contributed by atoms with Crippen LogP contribution in [0.15, 0.2) is 16.7 Å². The van der Waals surface area contributed by atoms with E-state index in [1.54, 1.807) is 6.20 Å². The molecule has 0 aliphatic carbocycles. The van der Waals surface area contributed by atoms with Crippen molar-refractivity contribution < 1.29 is 0 Å². The van der Waals surface area contributed by atoms with Crippen LogP contribution in [0.3, 0.4) is 0 Å². The maximum atomic E-state index is 6.12. The normalized spacial score (nSPS) is 11.6. The molecule has 102 valence electrons. The molecule has 1 N–H and O–H groups in total. The van der Waals surface area contributed by atoms with Crippen molar-refractivity contribution >= 4 is 33.2 Å². The Hall–Kier alpha value is -0.280. The molecule has 0 radical (unpaired) electrons. The van der Waals surface area contributed by atoms with Gasteiger partial charge in [0.25, 0.3) is 0 Å². The average Bonchev–Trinajstić information content (AvgIpc) is 2.21. The van der Waals surface area contributed by atoms with Gasteiger partial charge < -0.3 is 5.32 Å². The fourth-order valence-electron chi connectivity index (χ4n) is 2.10. The van der Waals surface area contributed by atoms with Crippen molar-refractivity contribution in [3.63, 3.8) is 0 Å². The van der Waals surface area contributed by atoms with Crippen LogP contribution in [0, 0.1) is 11.8 Å². The van der Waals surface area contributed by atoms with Crippen LogP contribution in [0.1, 0.15) is 40.5 Å². The number of nitrogens with one attached hydrogen (secondary N) is 1. The van der Waals surface area contributed by atoms with Gasteiger partial charge in [-0.05, 0) is 46.7 Å². The van der Waals surface area contributed by atoms with Gasteiger partial charge >= 0.3 is 0 Å². The smallest absolute Gasteiger partial charge is 0.152 e. The predicted molar refractivity (Wildman–Crippen MR) is 83.3 cm³/mol. The molecule has 1 rings (SSSR count). The number of halogens is 2. The minimum Gasteiger partial charge on any atom is -0.380 e. The quantitative estimate of drug-likeness (QED) is 0.708. The molecule has 1 aromatic heterocycles. The van der Waals surface area contributed by atoms with Crippen LogP contribution in [-0.2, 0) is 0 Å². The van der Waals surface area contributed by atoms with Gasteiger partial charge in [0.2, 0.25) is 0 Å². The summed E-state index contributed by atoms with van der Waals surface area (Å²) in [6.45, 7) is 8.98. The van der Waals surface area contributed by atoms with Crippen LogP contribution >= 0.6 is 27.5 Å². The van der Waals surface area contributed by atoms with Gasteiger partial charge in [-0.15, -0.1) is 0 Å². The van der Waals surface area contributed by atoms with Crippen LogP contribution in [0.4, 0.5) is 5.69 Å². The largest absolute Gasteiger partial charge is 0.380 e. The maximum Gasteiger partial charge on any atom is 0.152 e. The van der Waals surface area contributed by atoms with Gasteiger partial charge in [-0.1, -0.05) is 39.3 Å². The lowest BCUT2D eigenvalue weighted by molar-refractivity contribution is 0.442. The van der Waals surface area contributed by atoms with Gasteiger partial charge in [-0.2, -0.15) is 0 Å². The SMILES string of the molecule is CC(C)CC(CC(C)C)Nc1cc(Br)cnc1Cl. The molecule has 0 bridgehead atoms. The lowest BCUT2D eigenvalue weighted by Gasteiger charge is -2.24. The van der Waals surface area contributed by atoms with Crippen LogP contribution in [0.25, 0.3) is 0 Å². The summed E-state index contributed by atoms with van der Waals surface area (Å²) < 4.78 is 0.947. The molecule has 0 aliphatic heterocycles. The van der Waals surface area contributed by atoms with E-state index in [9.17, 15) is 0 Å². The Morgan fingerprint density at radius 2 is 1.78 bits per heavy atom. The molecule has 0 spiro atoms. The van der Waals surface area contributed by atoms with Gasteiger partial charge in [0.15, 0.2) is 5.15 Å². The van der Waals surface area contributed by atoms with Crippen LogP contribution in [0.5, 0.6) is 0 Å². The zero-order chi connectivity index (χ0) is 13.7. The molecule has 1 heterocycles. The second-order valence-corrected chi connectivity index (χ2v) is 6.87. The first kappa shape index (κ1) is 15.8. The molecule has 0 amide bonds. The summed E-state index contributed by atoms with van der Waals surface area (Å²) in [5.74, 6) is 1.33. The van der Waals surface area contributed by atoms with Crippen molar-refractivity contribution in [1.82, 2.24) is 4.98 Å². The van der Waals surface area contributed by atoms with Gasteiger partial charge in [0.05, 0.1) is 5.69 Å². The summed E-state index contributed by atoms with van der Waals surface area (Å²) in [4.78, 5) is 4.15. The molecular weight excluding hydrogens is 312 g/mol. The van der Waals surface area contributed by atoms with Crippen LogP contribution < -0.4 is 5.32 Å². The summed E-state index contributed by atoms with van der Waals surface area (Å²) in [6, 6.07) is 2.43. The molecule has 0 saturated carbocycles. The Kier molecular flexibility index (Phi) is 6.44. The Bertz CT molecular complexity index is 370. The molecule has 0 fully saturated rings. The molecule has 0 aromatic carbocycles. The zero-order valence-corrected chi connectivity index (χ0v) is 13.8. The van der Waals surface area contributed by atoms with Crippen molar-refractivity contribution in [3.8, 4) is 0 Å². The van der Waals surface area contributed by atoms with E-state index in [2.05, 4.69) is 53.9 Å². The second-order valence-electron chi connectivity index (χ2n) is 5.59. The van der Waals surface area contributed by atoms with E-state index in [0.717, 1.165) is 23.0 Å². The van der Waals surface area contributed by atoms with Crippen LogP contribution in [0.2, 0.25) is 5.15 Å². The number of nitrogens with zero attached hydrogens (tertiary/aromatic N) is 1. The van der Waals surface area contributed by atoms with E-state index in [1.165, 1.54) is 0 Å². The van der Waals surface area contributed by atoms with Crippen molar-refractivity contribution in [2.24, 2.45) is 11.8 Å². The number of hydrogen-bond acceptors (Lipinski definition) is 2. The van der Waals surface area contributed by atoms with Gasteiger partial charge in [0, 0.05) is 16.7 Å². The summed E-state index contributed by atoms with van der Waals surface area (Å²) in [7, 11) is 0. The first-order chi connectivity index (χ1) is 8.38. The standard InChI is InChI=1S/C14H22BrClN2/c1-9(2)5-12(6-10(3)4)18-13-7-11(15)8-17-14(13)16/h7-10,12,18H,5-6H2,1-4H3. The minimum atomic E-state index is 0.443. The zero-order valence-electron chi connectivity index (χ0n) is 11.5. The van der Waals surface area contributed by atoms with E-state index in [-0.39, 0.29) is 0 Å². The maximum absolute atomic E-state index is 6.12. The number of rotatable bonds is 6. The van der Waals surface area contributed by atoms with Gasteiger partial charge in [-0.25, -0.2) is 4.98 Å². The molecule has 0 atom stereocenters. The lowest BCUT2D eigenvalue weighted by atomic mass is 9.95. The first-order valence-electron chi connectivity index (χ1n) is 6.46. The van der Waals surface area contributed by atoms with Gasteiger partial charge in [0.1, 0.15) is 0 Å². The molecule has 0 saturated heterocycles. The third-order valence-corrected chi connectivity index (χ3v) is 3.41. The minimum absolute atomic E-state index is 0.443. The third kappa shape index (κ3) is 5.57. The van der Waals surface area contributed by atoms with Crippen molar-refractivity contribution in [2.75, 3.05) is 5.32 Å². The van der Waals surface area contributed by atoms with E-state index < -0.39 is 0 Å². The topological polar surface area (TPSA) is 24.9 Å². The molecule has 1 aromatic rings. The Labute approximate surface area is 124 Å². The average molecular weight is 334 g/mol. The second kappa shape index (κ2) is 7.34. The Morgan fingerprint density at radius 1 is 1.22 bits per heavy atom. The van der Waals surface area contributed by atoms with E-state index in [0.29, 0.717) is 23.0 Å². The summed E-state index contributed by atoms with van der Waals surface area (Å²) >= 11 is 9.55. The van der Waals surface area contributed by atoms with E-state index >= 15 is 0 Å². The summed E-state index contributed by atoms with van der Waals surface area (Å²) in [6.07, 6.45) is 4.00. The number of anilines is 1. The molecule has 4 heteroatoms. The predicted octanol–water partition coefficient (Wildman–Crippen LogP) is 5.37. The van der Waals surface area contributed by atoms with E-state index in [1.807, 2.05) is 6.07 Å². The van der Waals surface area contributed by atoms with Crippen molar-refractivity contribution in [3.05, 3.63) is 21.9 Å². The Balaban J connectivity index is 2.77. The molecule has 2 nitrogen and oxygen atoms in total. The molecule has 0 unspecified atom stereocenters. The number of aromatic nitrogens is 1. The molecule has 0 aliphatic rings. The molecule has 18 heavy (non-hydrogen) atoms. The fraction of sp³-hybridized carbons (Fsp3) is 0.643. The van der Waals surface area contributed by atoms with Crippen LogP contribution in [-0.4, -0.2) is 11.0 Å². The first-order valence-corrected chi connectivity index (χ1v) is 7.63. The lowest BCUT2D eigenvalue weighted by Crippen LogP contribution is -2.23. The Morgan fingerprint density at radius 3 is 2.28 bits per heavy atom. The highest BCUT2D eigenvalue weighted by molar-refractivity contribution is 9.10. The number of hydrogen-bond donors (Lipinski definition) is 1. The van der Waals surface area contributed by atoms with Gasteiger partial charge in [-0.3, -0.25) is 0 Å². The summed E-state index contributed by atoms with van der Waals surface area (Å²) in [5.41, 5.74) is 0.914. The monoisotopic (exact) mass is 332 g/mol.